The number of nitriles is 1. The highest BCUT2D eigenvalue weighted by Gasteiger charge is 2.30. The normalized spacial score (nSPS) is 16.1. The fraction of sp³-hybridized carbons (Fsp3) is 0.533. The van der Waals surface area contributed by atoms with Gasteiger partial charge in [-0.25, -0.2) is 0 Å². The Morgan fingerprint density at radius 1 is 1.53 bits per heavy atom. The highest BCUT2D eigenvalue weighted by atomic mass is 16.5. The molecule has 0 bridgehead atoms. The molecule has 2 rings (SSSR count). The molecular formula is C15H20N2O2. The Labute approximate surface area is 114 Å². The fourth-order valence-electron chi connectivity index (χ4n) is 2.23. The molecule has 19 heavy (non-hydrogen) atoms. The molecule has 4 heteroatoms. The molecule has 1 saturated carbocycles. The van der Waals surface area contributed by atoms with Gasteiger partial charge in [0, 0.05) is 25.6 Å². The van der Waals surface area contributed by atoms with E-state index in [4.69, 9.17) is 10.00 Å². The first-order chi connectivity index (χ1) is 9.24. The van der Waals surface area contributed by atoms with Crippen LogP contribution in [0.5, 0.6) is 5.75 Å². The Bertz CT molecular complexity index is 452. The second-order valence-corrected chi connectivity index (χ2v) is 4.93. The summed E-state index contributed by atoms with van der Waals surface area (Å²) in [5.41, 5.74) is 0.863. The zero-order valence-electron chi connectivity index (χ0n) is 11.2. The predicted molar refractivity (Wildman–Crippen MR) is 72.8 cm³/mol. The summed E-state index contributed by atoms with van der Waals surface area (Å²) in [5.74, 6) is 0.756. The highest BCUT2D eigenvalue weighted by molar-refractivity contribution is 5.30. The second-order valence-electron chi connectivity index (χ2n) is 4.93. The van der Waals surface area contributed by atoms with Crippen molar-refractivity contribution in [3.05, 3.63) is 29.8 Å². The van der Waals surface area contributed by atoms with E-state index in [1.807, 2.05) is 24.3 Å². The van der Waals surface area contributed by atoms with Crippen LogP contribution in [0.15, 0.2) is 24.3 Å². The van der Waals surface area contributed by atoms with Crippen molar-refractivity contribution in [2.75, 3.05) is 20.2 Å². The number of ether oxygens (including phenoxy) is 1. The summed E-state index contributed by atoms with van der Waals surface area (Å²) in [4.78, 5) is 2.22. The third-order valence-electron chi connectivity index (χ3n) is 3.46. The number of hydrogen-bond donors (Lipinski definition) is 1. The van der Waals surface area contributed by atoms with Crippen LogP contribution < -0.4 is 4.74 Å². The van der Waals surface area contributed by atoms with Crippen molar-refractivity contribution in [1.29, 1.82) is 5.26 Å². The van der Waals surface area contributed by atoms with Crippen LogP contribution in [0.1, 0.15) is 30.9 Å². The van der Waals surface area contributed by atoms with Crippen molar-refractivity contribution in [3.63, 3.8) is 0 Å². The van der Waals surface area contributed by atoms with Gasteiger partial charge in [-0.1, -0.05) is 12.1 Å². The van der Waals surface area contributed by atoms with Crippen LogP contribution in [-0.4, -0.2) is 36.2 Å². The molecule has 0 amide bonds. The van der Waals surface area contributed by atoms with Gasteiger partial charge in [-0.15, -0.1) is 0 Å². The molecule has 0 heterocycles. The lowest BCUT2D eigenvalue weighted by Gasteiger charge is -2.24. The van der Waals surface area contributed by atoms with Gasteiger partial charge < -0.3 is 9.84 Å². The molecule has 1 aromatic rings. The number of benzene rings is 1. The molecule has 1 aliphatic carbocycles. The summed E-state index contributed by atoms with van der Waals surface area (Å²) < 4.78 is 5.17. The first-order valence-electron chi connectivity index (χ1n) is 6.67. The molecule has 1 aliphatic rings. The van der Waals surface area contributed by atoms with Crippen molar-refractivity contribution in [1.82, 2.24) is 4.90 Å². The minimum atomic E-state index is -0.533. The number of hydrogen-bond acceptors (Lipinski definition) is 4. The van der Waals surface area contributed by atoms with Gasteiger partial charge in [0.15, 0.2) is 0 Å². The molecule has 102 valence electrons. The van der Waals surface area contributed by atoms with Crippen LogP contribution in [0.25, 0.3) is 0 Å². The summed E-state index contributed by atoms with van der Waals surface area (Å²) in [6.07, 6.45) is 2.34. The quantitative estimate of drug-likeness (QED) is 0.815. The smallest absolute Gasteiger partial charge is 0.119 e. The van der Waals surface area contributed by atoms with Crippen LogP contribution in [-0.2, 0) is 0 Å². The van der Waals surface area contributed by atoms with Crippen molar-refractivity contribution in [2.45, 2.75) is 31.4 Å². The Morgan fingerprint density at radius 2 is 2.32 bits per heavy atom. The molecule has 1 unspecified atom stereocenters. The maximum absolute atomic E-state index is 10.3. The van der Waals surface area contributed by atoms with Crippen LogP contribution in [0, 0.1) is 11.3 Å². The molecule has 1 N–H and O–H groups in total. The van der Waals surface area contributed by atoms with Gasteiger partial charge in [0.2, 0.25) is 0 Å². The molecule has 0 radical (unpaired) electrons. The zero-order valence-corrected chi connectivity index (χ0v) is 11.2. The largest absolute Gasteiger partial charge is 0.497 e. The number of rotatable bonds is 7. The van der Waals surface area contributed by atoms with Crippen LogP contribution in [0.2, 0.25) is 0 Å². The van der Waals surface area contributed by atoms with Crippen molar-refractivity contribution >= 4 is 0 Å². The third kappa shape index (κ3) is 3.95. The maximum atomic E-state index is 10.3. The van der Waals surface area contributed by atoms with Gasteiger partial charge in [0.05, 0.1) is 19.3 Å². The minimum absolute atomic E-state index is 0.515. The molecule has 1 atom stereocenters. The molecule has 1 fully saturated rings. The SMILES string of the molecule is COc1cccc(C(O)CN(CCC#N)C2CC2)c1. The Hall–Kier alpha value is -1.57. The number of aliphatic hydroxyl groups is 1. The fourth-order valence-corrected chi connectivity index (χ4v) is 2.23. The van der Waals surface area contributed by atoms with E-state index in [-0.39, 0.29) is 0 Å². The highest BCUT2D eigenvalue weighted by Crippen LogP contribution is 2.29. The second kappa shape index (κ2) is 6.55. The first-order valence-corrected chi connectivity index (χ1v) is 6.67. The van der Waals surface area contributed by atoms with Gasteiger partial charge in [-0.05, 0) is 30.5 Å². The molecular weight excluding hydrogens is 240 g/mol. The van der Waals surface area contributed by atoms with Crippen molar-refractivity contribution in [3.8, 4) is 11.8 Å². The van der Waals surface area contributed by atoms with Crippen molar-refractivity contribution in [2.24, 2.45) is 0 Å². The molecule has 0 saturated heterocycles. The van der Waals surface area contributed by atoms with Crippen molar-refractivity contribution < 1.29 is 9.84 Å². The van der Waals surface area contributed by atoms with E-state index in [9.17, 15) is 5.11 Å². The van der Waals surface area contributed by atoms with E-state index in [0.717, 1.165) is 17.9 Å². The lowest BCUT2D eigenvalue weighted by molar-refractivity contribution is 0.109. The summed E-state index contributed by atoms with van der Waals surface area (Å²) >= 11 is 0. The van der Waals surface area contributed by atoms with E-state index < -0.39 is 6.10 Å². The minimum Gasteiger partial charge on any atom is -0.497 e. The van der Waals surface area contributed by atoms with E-state index in [1.165, 1.54) is 12.8 Å². The zero-order chi connectivity index (χ0) is 13.7. The average molecular weight is 260 g/mol. The van der Waals surface area contributed by atoms with Crippen LogP contribution >= 0.6 is 0 Å². The summed E-state index contributed by atoms with van der Waals surface area (Å²) in [5, 5.41) is 19.0. The number of methoxy groups -OCH3 is 1. The topological polar surface area (TPSA) is 56.5 Å². The van der Waals surface area contributed by atoms with E-state index in [2.05, 4.69) is 11.0 Å². The molecule has 4 nitrogen and oxygen atoms in total. The summed E-state index contributed by atoms with van der Waals surface area (Å²) in [6.45, 7) is 1.32. The molecule has 1 aromatic carbocycles. The number of aliphatic hydroxyl groups excluding tert-OH is 1. The maximum Gasteiger partial charge on any atom is 0.119 e. The van der Waals surface area contributed by atoms with Gasteiger partial charge in [0.25, 0.3) is 0 Å². The average Bonchev–Trinajstić information content (AvgIpc) is 3.27. The van der Waals surface area contributed by atoms with Gasteiger partial charge in [-0.3, -0.25) is 4.90 Å². The lowest BCUT2D eigenvalue weighted by atomic mass is 10.1. The first kappa shape index (κ1) is 13.9. The summed E-state index contributed by atoms with van der Waals surface area (Å²) in [6, 6.07) is 10.2. The molecule has 0 spiro atoms. The van der Waals surface area contributed by atoms with Gasteiger partial charge in [0.1, 0.15) is 5.75 Å². The van der Waals surface area contributed by atoms with Gasteiger partial charge in [-0.2, -0.15) is 5.26 Å². The third-order valence-corrected chi connectivity index (χ3v) is 3.46. The summed E-state index contributed by atoms with van der Waals surface area (Å²) in [7, 11) is 1.62. The lowest BCUT2D eigenvalue weighted by Crippen LogP contribution is -2.31. The monoisotopic (exact) mass is 260 g/mol. The van der Waals surface area contributed by atoms with E-state index >= 15 is 0 Å². The molecule has 0 aromatic heterocycles. The van der Waals surface area contributed by atoms with Gasteiger partial charge >= 0.3 is 0 Å². The van der Waals surface area contributed by atoms with Crippen LogP contribution in [0.3, 0.4) is 0 Å². The molecule has 0 aliphatic heterocycles. The van der Waals surface area contributed by atoms with E-state index in [0.29, 0.717) is 19.0 Å². The number of nitrogens with zero attached hydrogens (tertiary/aromatic N) is 2. The standard InChI is InChI=1S/C15H20N2O2/c1-19-14-5-2-4-12(10-14)15(18)11-17(9-3-8-16)13-6-7-13/h2,4-5,10,13,15,18H,3,6-7,9,11H2,1H3. The van der Waals surface area contributed by atoms with E-state index in [1.54, 1.807) is 7.11 Å². The predicted octanol–water partition coefficient (Wildman–Crippen LogP) is 2.11. The Balaban J connectivity index is 1.97. The Kier molecular flexibility index (Phi) is 4.78. The Morgan fingerprint density at radius 3 is 2.95 bits per heavy atom. The van der Waals surface area contributed by atoms with Crippen LogP contribution in [0.4, 0.5) is 0 Å².